The summed E-state index contributed by atoms with van der Waals surface area (Å²) in [4.78, 5) is 0. The Morgan fingerprint density at radius 3 is 2.94 bits per heavy atom. The van der Waals surface area contributed by atoms with E-state index in [0.29, 0.717) is 11.3 Å². The number of hydrogen-bond acceptors (Lipinski definition) is 1. The first kappa shape index (κ1) is 9.38. The van der Waals surface area contributed by atoms with Crippen molar-refractivity contribution in [3.8, 4) is 0 Å². The second-order valence-corrected chi connectivity index (χ2v) is 7.80. The van der Waals surface area contributed by atoms with Gasteiger partial charge in [-0.2, -0.15) is 0 Å². The van der Waals surface area contributed by atoms with Crippen molar-refractivity contribution in [2.75, 3.05) is 0 Å². The Balaban J connectivity index is 1.77. The van der Waals surface area contributed by atoms with Crippen LogP contribution in [0.3, 0.4) is 0 Å². The maximum atomic E-state index is 10.6. The quantitative estimate of drug-likeness (QED) is 0.632. The fourth-order valence-electron chi connectivity index (χ4n) is 6.24. The minimum absolute atomic E-state index is 0.0986. The molecular weight excluding hydrogens is 208 g/mol. The van der Waals surface area contributed by atoms with Gasteiger partial charge in [-0.15, -0.1) is 0 Å². The molecule has 0 saturated heterocycles. The Morgan fingerprint density at radius 1 is 1.29 bits per heavy atom. The molecule has 3 saturated carbocycles. The fraction of sp³-hybridized carbons (Fsp3) is 0.750. The number of rotatable bonds is 0. The maximum Gasteiger partial charge on any atom is 0.0807 e. The Bertz CT molecular complexity index is 486. The minimum atomic E-state index is -0.179. The first-order valence-electron chi connectivity index (χ1n) is 7.14. The van der Waals surface area contributed by atoms with Crippen LogP contribution in [0.1, 0.15) is 26.7 Å². The Kier molecular flexibility index (Phi) is 1.27. The monoisotopic (exact) mass is 228 g/mol. The molecule has 1 spiro atoms. The SMILES string of the molecule is CC1(C)C[C@@]23C(=C[C@@H]4C=C[C@H]5[C@@H](C[C@@H]42)[C@H]53)[C@@H]1O. The largest absolute Gasteiger partial charge is 0.388 e. The van der Waals surface area contributed by atoms with Crippen molar-refractivity contribution in [2.24, 2.45) is 40.4 Å². The van der Waals surface area contributed by atoms with Gasteiger partial charge < -0.3 is 5.11 Å². The van der Waals surface area contributed by atoms with E-state index in [9.17, 15) is 5.11 Å². The molecule has 0 aromatic rings. The van der Waals surface area contributed by atoms with Crippen LogP contribution in [-0.4, -0.2) is 11.2 Å². The highest BCUT2D eigenvalue weighted by Crippen LogP contribution is 2.81. The van der Waals surface area contributed by atoms with Gasteiger partial charge in [0.2, 0.25) is 0 Å². The summed E-state index contributed by atoms with van der Waals surface area (Å²) in [7, 11) is 0. The molecule has 0 aliphatic heterocycles. The summed E-state index contributed by atoms with van der Waals surface area (Å²) < 4.78 is 0. The van der Waals surface area contributed by atoms with E-state index in [1.54, 1.807) is 0 Å². The second kappa shape index (κ2) is 2.30. The van der Waals surface area contributed by atoms with Gasteiger partial charge in [0.05, 0.1) is 6.10 Å². The molecule has 6 aliphatic carbocycles. The van der Waals surface area contributed by atoms with Crippen molar-refractivity contribution >= 4 is 0 Å². The van der Waals surface area contributed by atoms with Gasteiger partial charge >= 0.3 is 0 Å². The summed E-state index contributed by atoms with van der Waals surface area (Å²) in [6.45, 7) is 4.52. The summed E-state index contributed by atoms with van der Waals surface area (Å²) in [6.07, 6.45) is 9.87. The molecule has 90 valence electrons. The van der Waals surface area contributed by atoms with E-state index < -0.39 is 0 Å². The highest BCUT2D eigenvalue weighted by atomic mass is 16.3. The van der Waals surface area contributed by atoms with Crippen LogP contribution >= 0.6 is 0 Å². The molecule has 7 atom stereocenters. The molecule has 0 heterocycles. The molecule has 0 radical (unpaired) electrons. The van der Waals surface area contributed by atoms with E-state index in [1.165, 1.54) is 18.4 Å². The van der Waals surface area contributed by atoms with Crippen molar-refractivity contribution in [2.45, 2.75) is 32.8 Å². The highest BCUT2D eigenvalue weighted by Gasteiger charge is 2.76. The van der Waals surface area contributed by atoms with Crippen molar-refractivity contribution in [3.63, 3.8) is 0 Å². The van der Waals surface area contributed by atoms with Crippen molar-refractivity contribution in [3.05, 3.63) is 23.8 Å². The van der Waals surface area contributed by atoms with Gasteiger partial charge in [0.1, 0.15) is 0 Å². The molecule has 0 unspecified atom stereocenters. The average Bonchev–Trinajstić information content (AvgIpc) is 2.74. The lowest BCUT2D eigenvalue weighted by atomic mass is 9.69. The van der Waals surface area contributed by atoms with Crippen molar-refractivity contribution in [1.82, 2.24) is 0 Å². The average molecular weight is 228 g/mol. The third-order valence-electron chi connectivity index (χ3n) is 6.72. The lowest BCUT2D eigenvalue weighted by molar-refractivity contribution is 0.0956. The normalized spacial score (nSPS) is 63.4. The summed E-state index contributed by atoms with van der Waals surface area (Å²) in [5, 5.41) is 10.6. The van der Waals surface area contributed by atoms with E-state index in [0.717, 1.165) is 23.7 Å². The second-order valence-electron chi connectivity index (χ2n) is 7.80. The van der Waals surface area contributed by atoms with Gasteiger partial charge in [0, 0.05) is 5.41 Å². The summed E-state index contributed by atoms with van der Waals surface area (Å²) >= 11 is 0. The molecule has 6 bridgehead atoms. The molecule has 0 amide bonds. The Morgan fingerprint density at radius 2 is 2.12 bits per heavy atom. The third kappa shape index (κ3) is 0.763. The zero-order valence-electron chi connectivity index (χ0n) is 10.6. The van der Waals surface area contributed by atoms with Crippen LogP contribution < -0.4 is 0 Å². The van der Waals surface area contributed by atoms with Crippen LogP contribution in [0.4, 0.5) is 0 Å². The topological polar surface area (TPSA) is 20.2 Å². The highest BCUT2D eigenvalue weighted by molar-refractivity contribution is 5.46. The van der Waals surface area contributed by atoms with Crippen LogP contribution in [0, 0.1) is 40.4 Å². The zero-order chi connectivity index (χ0) is 11.6. The van der Waals surface area contributed by atoms with Crippen molar-refractivity contribution < 1.29 is 5.11 Å². The number of allylic oxidation sites excluding steroid dienone is 3. The number of hydrogen-bond donors (Lipinski definition) is 1. The summed E-state index contributed by atoms with van der Waals surface area (Å²) in [5.74, 6) is 4.20. The van der Waals surface area contributed by atoms with Crippen LogP contribution in [-0.2, 0) is 0 Å². The Hall–Kier alpha value is -0.560. The van der Waals surface area contributed by atoms with E-state index >= 15 is 0 Å². The fourth-order valence-corrected chi connectivity index (χ4v) is 6.24. The van der Waals surface area contributed by atoms with Crippen LogP contribution in [0.25, 0.3) is 0 Å². The summed E-state index contributed by atoms with van der Waals surface area (Å²) in [5.41, 5.74) is 1.95. The van der Waals surface area contributed by atoms with Gasteiger partial charge in [-0.05, 0) is 53.4 Å². The van der Waals surface area contributed by atoms with E-state index in [-0.39, 0.29) is 11.5 Å². The van der Waals surface area contributed by atoms with E-state index in [1.807, 2.05) is 0 Å². The first-order chi connectivity index (χ1) is 8.06. The third-order valence-corrected chi connectivity index (χ3v) is 6.72. The van der Waals surface area contributed by atoms with Crippen LogP contribution in [0.2, 0.25) is 0 Å². The first-order valence-corrected chi connectivity index (χ1v) is 7.14. The van der Waals surface area contributed by atoms with Gasteiger partial charge in [-0.3, -0.25) is 0 Å². The van der Waals surface area contributed by atoms with Crippen LogP contribution in [0.15, 0.2) is 23.8 Å². The van der Waals surface area contributed by atoms with E-state index in [4.69, 9.17) is 0 Å². The molecule has 0 aromatic carbocycles. The van der Waals surface area contributed by atoms with Gasteiger partial charge in [-0.25, -0.2) is 0 Å². The molecule has 3 fully saturated rings. The predicted molar refractivity (Wildman–Crippen MR) is 66.1 cm³/mol. The van der Waals surface area contributed by atoms with Crippen molar-refractivity contribution in [1.29, 1.82) is 0 Å². The van der Waals surface area contributed by atoms with Gasteiger partial charge in [0.15, 0.2) is 0 Å². The maximum absolute atomic E-state index is 10.6. The molecule has 1 heteroatoms. The molecule has 0 aromatic heterocycles. The Labute approximate surface area is 103 Å². The lowest BCUT2D eigenvalue weighted by Gasteiger charge is -2.34. The van der Waals surface area contributed by atoms with Crippen LogP contribution in [0.5, 0.6) is 0 Å². The molecule has 6 rings (SSSR count). The summed E-state index contributed by atoms with van der Waals surface area (Å²) in [6, 6.07) is 0. The predicted octanol–water partition coefficient (Wildman–Crippen LogP) is 2.77. The molecular formula is C16H20O. The lowest BCUT2D eigenvalue weighted by Crippen LogP contribution is -2.28. The molecule has 17 heavy (non-hydrogen) atoms. The zero-order valence-corrected chi connectivity index (χ0v) is 10.6. The molecule has 6 aliphatic rings. The van der Waals surface area contributed by atoms with Gasteiger partial charge in [-0.1, -0.05) is 32.1 Å². The smallest absolute Gasteiger partial charge is 0.0807 e. The molecule has 1 N–H and O–H groups in total. The van der Waals surface area contributed by atoms with E-state index in [2.05, 4.69) is 32.1 Å². The minimum Gasteiger partial charge on any atom is -0.388 e. The molecule has 1 nitrogen and oxygen atoms in total. The number of aliphatic hydroxyl groups is 1. The standard InChI is InChI=1S/C16H20O/c1-15(2)7-16-11-6-10-9(13(10)16)4-3-8(11)5-12(16)14(15)17/h3-5,8-11,13-14,17H,6-7H2,1-2H3/t8-,9-,10+,11-,13-,14-,16-/m0/s1. The number of aliphatic hydroxyl groups excluding tert-OH is 1. The van der Waals surface area contributed by atoms with Gasteiger partial charge in [0.25, 0.3) is 0 Å².